The van der Waals surface area contributed by atoms with Crippen LogP contribution in [0.25, 0.3) is 0 Å². The number of benzene rings is 2. The molecule has 0 saturated carbocycles. The number of likely N-dealkylation sites (tertiary alicyclic amines) is 1. The Labute approximate surface area is 160 Å². The van der Waals surface area contributed by atoms with Crippen molar-refractivity contribution < 1.29 is 14.0 Å². The Bertz CT molecular complexity index is 790. The first kappa shape index (κ1) is 19.3. The summed E-state index contributed by atoms with van der Waals surface area (Å²) >= 11 is 0. The molecule has 3 nitrogen and oxygen atoms in total. The van der Waals surface area contributed by atoms with Gasteiger partial charge < -0.3 is 4.90 Å². The number of hydrogen-bond acceptors (Lipinski definition) is 2. The van der Waals surface area contributed by atoms with E-state index in [1.165, 1.54) is 29.8 Å². The molecule has 2 aromatic rings. The minimum Gasteiger partial charge on any atom is -0.342 e. The lowest BCUT2D eigenvalue weighted by Gasteiger charge is -2.33. The number of piperidine rings is 1. The Morgan fingerprint density at radius 1 is 1.04 bits per heavy atom. The van der Waals surface area contributed by atoms with Gasteiger partial charge in [-0.25, -0.2) is 4.39 Å². The molecule has 1 amide bonds. The van der Waals surface area contributed by atoms with Crippen LogP contribution in [0, 0.1) is 11.7 Å². The van der Waals surface area contributed by atoms with Gasteiger partial charge in [-0.05, 0) is 61.6 Å². The van der Waals surface area contributed by atoms with Gasteiger partial charge in [-0.1, -0.05) is 31.2 Å². The smallest absolute Gasteiger partial charge is 0.229 e. The van der Waals surface area contributed by atoms with E-state index >= 15 is 0 Å². The summed E-state index contributed by atoms with van der Waals surface area (Å²) in [6.07, 6.45) is 2.30. The SMILES string of the molecule is CCc1ccc(C(C)C(=O)N2CCC(C(=O)c3ccc(F)cc3)CC2)cc1. The van der Waals surface area contributed by atoms with Crippen molar-refractivity contribution >= 4 is 11.7 Å². The lowest BCUT2D eigenvalue weighted by Crippen LogP contribution is -2.42. The van der Waals surface area contributed by atoms with Gasteiger partial charge >= 0.3 is 0 Å². The predicted octanol–water partition coefficient (Wildman–Crippen LogP) is 4.61. The molecule has 3 rings (SSSR count). The molecule has 27 heavy (non-hydrogen) atoms. The molecule has 4 heteroatoms. The summed E-state index contributed by atoms with van der Waals surface area (Å²) in [5, 5.41) is 0. The topological polar surface area (TPSA) is 37.4 Å². The Morgan fingerprint density at radius 2 is 1.63 bits per heavy atom. The highest BCUT2D eigenvalue weighted by Crippen LogP contribution is 2.25. The number of aryl methyl sites for hydroxylation is 1. The van der Waals surface area contributed by atoms with Gasteiger partial charge in [0.05, 0.1) is 5.92 Å². The van der Waals surface area contributed by atoms with E-state index in [0.29, 0.717) is 31.5 Å². The standard InChI is InChI=1S/C23H26FNO2/c1-3-17-4-6-18(7-5-17)16(2)23(27)25-14-12-20(13-15-25)22(26)19-8-10-21(24)11-9-19/h4-11,16,20H,3,12-15H2,1-2H3. The molecule has 0 bridgehead atoms. The largest absolute Gasteiger partial charge is 0.342 e. The maximum atomic E-state index is 13.0. The van der Waals surface area contributed by atoms with Gasteiger partial charge in [0.2, 0.25) is 5.91 Å². The number of hydrogen-bond donors (Lipinski definition) is 0. The van der Waals surface area contributed by atoms with Crippen molar-refractivity contribution in [1.29, 1.82) is 0 Å². The first-order valence-electron chi connectivity index (χ1n) is 9.67. The molecular weight excluding hydrogens is 341 g/mol. The molecule has 1 unspecified atom stereocenters. The predicted molar refractivity (Wildman–Crippen MR) is 104 cm³/mol. The van der Waals surface area contributed by atoms with Gasteiger partial charge in [0, 0.05) is 24.6 Å². The number of rotatable bonds is 5. The maximum Gasteiger partial charge on any atom is 0.229 e. The van der Waals surface area contributed by atoms with E-state index in [1.807, 2.05) is 24.0 Å². The number of halogens is 1. The fourth-order valence-electron chi connectivity index (χ4n) is 3.67. The molecule has 0 spiro atoms. The molecule has 1 aliphatic heterocycles. The van der Waals surface area contributed by atoms with Crippen LogP contribution in [0.15, 0.2) is 48.5 Å². The summed E-state index contributed by atoms with van der Waals surface area (Å²) in [5.41, 5.74) is 2.84. The van der Waals surface area contributed by atoms with Crippen LogP contribution >= 0.6 is 0 Å². The molecule has 0 radical (unpaired) electrons. The second-order valence-corrected chi connectivity index (χ2v) is 7.29. The second-order valence-electron chi connectivity index (χ2n) is 7.29. The van der Waals surface area contributed by atoms with Crippen LogP contribution in [0.2, 0.25) is 0 Å². The van der Waals surface area contributed by atoms with E-state index < -0.39 is 0 Å². The average molecular weight is 367 g/mol. The van der Waals surface area contributed by atoms with Crippen LogP contribution in [-0.4, -0.2) is 29.7 Å². The van der Waals surface area contributed by atoms with Crippen LogP contribution < -0.4 is 0 Å². The van der Waals surface area contributed by atoms with Gasteiger partial charge in [-0.2, -0.15) is 0 Å². The van der Waals surface area contributed by atoms with E-state index in [9.17, 15) is 14.0 Å². The lowest BCUT2D eigenvalue weighted by atomic mass is 9.88. The van der Waals surface area contributed by atoms with Crippen molar-refractivity contribution in [2.75, 3.05) is 13.1 Å². The van der Waals surface area contributed by atoms with E-state index in [-0.39, 0.29) is 29.3 Å². The van der Waals surface area contributed by atoms with Crippen LogP contribution in [0.4, 0.5) is 4.39 Å². The summed E-state index contributed by atoms with van der Waals surface area (Å²) in [6.45, 7) is 5.24. The minimum absolute atomic E-state index is 0.0466. The molecule has 1 aliphatic rings. The first-order valence-corrected chi connectivity index (χ1v) is 9.67. The van der Waals surface area contributed by atoms with Crippen LogP contribution in [0.1, 0.15) is 54.1 Å². The van der Waals surface area contributed by atoms with Crippen molar-refractivity contribution in [3.8, 4) is 0 Å². The monoisotopic (exact) mass is 367 g/mol. The average Bonchev–Trinajstić information content (AvgIpc) is 2.73. The molecule has 142 valence electrons. The first-order chi connectivity index (χ1) is 13.0. The quantitative estimate of drug-likeness (QED) is 0.724. The van der Waals surface area contributed by atoms with E-state index in [0.717, 1.165) is 12.0 Å². The third-order valence-electron chi connectivity index (χ3n) is 5.56. The summed E-state index contributed by atoms with van der Waals surface area (Å²) in [4.78, 5) is 27.3. The fraction of sp³-hybridized carbons (Fsp3) is 0.391. The van der Waals surface area contributed by atoms with Crippen molar-refractivity contribution in [1.82, 2.24) is 4.90 Å². The molecule has 0 aliphatic carbocycles. The van der Waals surface area contributed by atoms with Gasteiger partial charge in [0.1, 0.15) is 5.82 Å². The number of nitrogens with zero attached hydrogens (tertiary/aromatic N) is 1. The van der Waals surface area contributed by atoms with Crippen molar-refractivity contribution in [3.63, 3.8) is 0 Å². The number of carbonyl (C=O) groups excluding carboxylic acids is 2. The van der Waals surface area contributed by atoms with Crippen molar-refractivity contribution in [2.24, 2.45) is 5.92 Å². The third kappa shape index (κ3) is 4.44. The molecule has 0 N–H and O–H groups in total. The normalized spacial score (nSPS) is 16.2. The lowest BCUT2D eigenvalue weighted by molar-refractivity contribution is -0.133. The van der Waals surface area contributed by atoms with Crippen LogP contribution in [-0.2, 0) is 11.2 Å². The summed E-state index contributed by atoms with van der Waals surface area (Å²) in [7, 11) is 0. The third-order valence-corrected chi connectivity index (χ3v) is 5.56. The highest BCUT2D eigenvalue weighted by molar-refractivity contribution is 5.98. The summed E-state index contributed by atoms with van der Waals surface area (Å²) in [5.74, 6) is -0.455. The zero-order valence-electron chi connectivity index (χ0n) is 16.0. The van der Waals surface area contributed by atoms with Gasteiger partial charge in [0.15, 0.2) is 5.78 Å². The molecule has 0 aromatic heterocycles. The Kier molecular flexibility index (Phi) is 6.04. The molecule has 1 atom stereocenters. The zero-order valence-corrected chi connectivity index (χ0v) is 16.0. The highest BCUT2D eigenvalue weighted by atomic mass is 19.1. The fourth-order valence-corrected chi connectivity index (χ4v) is 3.67. The van der Waals surface area contributed by atoms with Crippen molar-refractivity contribution in [3.05, 3.63) is 71.0 Å². The number of ketones is 1. The number of carbonyl (C=O) groups is 2. The van der Waals surface area contributed by atoms with E-state index in [4.69, 9.17) is 0 Å². The van der Waals surface area contributed by atoms with Gasteiger partial charge in [-0.3, -0.25) is 9.59 Å². The Morgan fingerprint density at radius 3 is 2.19 bits per heavy atom. The maximum absolute atomic E-state index is 13.0. The second kappa shape index (κ2) is 8.47. The minimum atomic E-state index is -0.340. The molecule has 1 fully saturated rings. The van der Waals surface area contributed by atoms with Crippen molar-refractivity contribution in [2.45, 2.75) is 39.0 Å². The van der Waals surface area contributed by atoms with Gasteiger partial charge in [-0.15, -0.1) is 0 Å². The number of Topliss-reactive ketones (excluding diaryl/α,β-unsaturated/α-hetero) is 1. The number of amides is 1. The van der Waals surface area contributed by atoms with Crippen LogP contribution in [0.3, 0.4) is 0 Å². The summed E-state index contributed by atoms with van der Waals surface area (Å²) in [6, 6.07) is 13.9. The molecule has 1 saturated heterocycles. The summed E-state index contributed by atoms with van der Waals surface area (Å²) < 4.78 is 13.0. The molecule has 2 aromatic carbocycles. The van der Waals surface area contributed by atoms with E-state index in [1.54, 1.807) is 0 Å². The van der Waals surface area contributed by atoms with Gasteiger partial charge in [0.25, 0.3) is 0 Å². The zero-order chi connectivity index (χ0) is 19.4. The molecular formula is C23H26FNO2. The van der Waals surface area contributed by atoms with E-state index in [2.05, 4.69) is 19.1 Å². The highest BCUT2D eigenvalue weighted by Gasteiger charge is 2.30. The Balaban J connectivity index is 1.58. The molecule has 1 heterocycles. The Hall–Kier alpha value is -2.49. The van der Waals surface area contributed by atoms with Crippen LogP contribution in [0.5, 0.6) is 0 Å².